The van der Waals surface area contributed by atoms with Crippen LogP contribution in [-0.2, 0) is 6.54 Å². The van der Waals surface area contributed by atoms with Crippen LogP contribution in [0.15, 0.2) is 12.4 Å². The van der Waals surface area contributed by atoms with Crippen molar-refractivity contribution in [2.45, 2.75) is 56.1 Å². The van der Waals surface area contributed by atoms with Crippen molar-refractivity contribution >= 4 is 17.5 Å². The summed E-state index contributed by atoms with van der Waals surface area (Å²) >= 11 is 2.13. The summed E-state index contributed by atoms with van der Waals surface area (Å²) in [6.45, 7) is 2.88. The van der Waals surface area contributed by atoms with Crippen LogP contribution in [0.1, 0.15) is 49.4 Å². The molecule has 3 heterocycles. The van der Waals surface area contributed by atoms with Gasteiger partial charge < -0.3 is 0 Å². The predicted octanol–water partition coefficient (Wildman–Crippen LogP) is 3.15. The second-order valence-corrected chi connectivity index (χ2v) is 7.03. The highest BCUT2D eigenvalue weighted by atomic mass is 32.2. The van der Waals surface area contributed by atoms with E-state index in [2.05, 4.69) is 16.9 Å². The van der Waals surface area contributed by atoms with Crippen LogP contribution in [0.3, 0.4) is 0 Å². The van der Waals surface area contributed by atoms with E-state index < -0.39 is 0 Å². The van der Waals surface area contributed by atoms with E-state index >= 15 is 0 Å². The molecule has 3 rings (SSSR count). The normalized spacial score (nSPS) is 31.3. The standard InChI is InChI=1S/C14H20N2OS/c1-2-16-9-11(8-15-16)14(17)10-6-12-4-3-5-13(7-10)18-12/h8-10,12-13H,2-7H2,1H3. The zero-order valence-corrected chi connectivity index (χ0v) is 11.7. The number of aromatic nitrogens is 2. The van der Waals surface area contributed by atoms with Crippen molar-refractivity contribution in [3.63, 3.8) is 0 Å². The Morgan fingerprint density at radius 2 is 2.17 bits per heavy atom. The maximum absolute atomic E-state index is 12.5. The number of aryl methyl sites for hydroxylation is 1. The maximum Gasteiger partial charge on any atom is 0.169 e. The lowest BCUT2D eigenvalue weighted by atomic mass is 9.85. The van der Waals surface area contributed by atoms with Crippen molar-refractivity contribution in [2.24, 2.45) is 5.92 Å². The lowest BCUT2D eigenvalue weighted by Gasteiger charge is -2.37. The van der Waals surface area contributed by atoms with Gasteiger partial charge in [-0.2, -0.15) is 16.9 Å². The van der Waals surface area contributed by atoms with Crippen molar-refractivity contribution in [2.75, 3.05) is 0 Å². The molecule has 0 aromatic carbocycles. The van der Waals surface area contributed by atoms with Crippen LogP contribution in [0.25, 0.3) is 0 Å². The molecule has 2 saturated heterocycles. The summed E-state index contributed by atoms with van der Waals surface area (Å²) in [5, 5.41) is 5.67. The Balaban J connectivity index is 1.72. The van der Waals surface area contributed by atoms with E-state index in [0.717, 1.165) is 35.4 Å². The molecule has 0 saturated carbocycles. The molecule has 0 radical (unpaired) electrons. The van der Waals surface area contributed by atoms with Crippen LogP contribution >= 0.6 is 11.8 Å². The molecular formula is C14H20N2OS. The van der Waals surface area contributed by atoms with Crippen molar-refractivity contribution in [3.05, 3.63) is 18.0 Å². The van der Waals surface area contributed by atoms with Gasteiger partial charge in [0, 0.05) is 29.2 Å². The molecule has 98 valence electrons. The van der Waals surface area contributed by atoms with Gasteiger partial charge in [0.15, 0.2) is 5.78 Å². The largest absolute Gasteiger partial charge is 0.294 e. The Morgan fingerprint density at radius 1 is 1.44 bits per heavy atom. The number of hydrogen-bond donors (Lipinski definition) is 0. The van der Waals surface area contributed by atoms with Gasteiger partial charge in [0.25, 0.3) is 0 Å². The zero-order chi connectivity index (χ0) is 12.5. The molecule has 0 amide bonds. The summed E-state index contributed by atoms with van der Waals surface area (Å²) in [5.41, 5.74) is 0.812. The quantitative estimate of drug-likeness (QED) is 0.787. The average molecular weight is 264 g/mol. The van der Waals surface area contributed by atoms with Gasteiger partial charge in [-0.1, -0.05) is 6.42 Å². The van der Waals surface area contributed by atoms with E-state index in [1.165, 1.54) is 19.3 Å². The summed E-state index contributed by atoms with van der Waals surface area (Å²) in [6, 6.07) is 0. The highest BCUT2D eigenvalue weighted by molar-refractivity contribution is 8.00. The second kappa shape index (κ2) is 5.08. The van der Waals surface area contributed by atoms with E-state index in [4.69, 9.17) is 0 Å². The topological polar surface area (TPSA) is 34.9 Å². The molecule has 2 aliphatic heterocycles. The number of Topliss-reactive ketones (excluding diaryl/α,β-unsaturated/α-hetero) is 1. The molecule has 2 unspecified atom stereocenters. The minimum absolute atomic E-state index is 0.246. The molecule has 2 fully saturated rings. The van der Waals surface area contributed by atoms with Crippen LogP contribution in [0.2, 0.25) is 0 Å². The Labute approximate surface area is 112 Å². The van der Waals surface area contributed by atoms with Crippen LogP contribution in [0.5, 0.6) is 0 Å². The first kappa shape index (κ1) is 12.3. The summed E-state index contributed by atoms with van der Waals surface area (Å²) in [7, 11) is 0. The third kappa shape index (κ3) is 2.35. The summed E-state index contributed by atoms with van der Waals surface area (Å²) < 4.78 is 1.84. The van der Waals surface area contributed by atoms with Gasteiger partial charge in [0.2, 0.25) is 0 Å². The molecule has 3 nitrogen and oxygen atoms in total. The fourth-order valence-corrected chi connectivity index (χ4v) is 5.01. The number of fused-ring (bicyclic) bond motifs is 2. The van der Waals surface area contributed by atoms with Crippen molar-refractivity contribution in [1.29, 1.82) is 0 Å². The number of hydrogen-bond acceptors (Lipinski definition) is 3. The summed E-state index contributed by atoms with van der Waals surface area (Å²) in [4.78, 5) is 12.5. The monoisotopic (exact) mass is 264 g/mol. The first-order valence-electron chi connectivity index (χ1n) is 6.98. The molecule has 1 aromatic heterocycles. The van der Waals surface area contributed by atoms with Gasteiger partial charge in [-0.15, -0.1) is 0 Å². The van der Waals surface area contributed by atoms with Crippen molar-refractivity contribution < 1.29 is 4.79 Å². The van der Waals surface area contributed by atoms with Crippen molar-refractivity contribution in [1.82, 2.24) is 9.78 Å². The van der Waals surface area contributed by atoms with E-state index in [-0.39, 0.29) is 5.92 Å². The lowest BCUT2D eigenvalue weighted by Crippen LogP contribution is -2.32. The smallest absolute Gasteiger partial charge is 0.169 e. The molecule has 0 N–H and O–H groups in total. The molecular weight excluding hydrogens is 244 g/mol. The van der Waals surface area contributed by atoms with Crippen molar-refractivity contribution in [3.8, 4) is 0 Å². The number of carbonyl (C=O) groups is 1. The SMILES string of the molecule is CCn1cc(C(=O)C2CC3CCCC(C2)S3)cn1. The third-order valence-corrected chi connectivity index (χ3v) is 5.77. The van der Waals surface area contributed by atoms with Crippen LogP contribution in [0, 0.1) is 5.92 Å². The Morgan fingerprint density at radius 3 is 2.78 bits per heavy atom. The first-order valence-corrected chi connectivity index (χ1v) is 7.92. The van der Waals surface area contributed by atoms with Gasteiger partial charge in [-0.25, -0.2) is 0 Å². The molecule has 18 heavy (non-hydrogen) atoms. The summed E-state index contributed by atoms with van der Waals surface area (Å²) in [5.74, 6) is 0.572. The number of rotatable bonds is 3. The van der Waals surface area contributed by atoms with Crippen LogP contribution < -0.4 is 0 Å². The van der Waals surface area contributed by atoms with Gasteiger partial charge in [-0.05, 0) is 32.6 Å². The first-order chi connectivity index (χ1) is 8.76. The molecule has 2 bridgehead atoms. The zero-order valence-electron chi connectivity index (χ0n) is 10.8. The number of ketones is 1. The van der Waals surface area contributed by atoms with Gasteiger partial charge >= 0.3 is 0 Å². The summed E-state index contributed by atoms with van der Waals surface area (Å²) in [6.07, 6.45) is 9.77. The fourth-order valence-electron chi connectivity index (χ4n) is 3.17. The molecule has 4 heteroatoms. The van der Waals surface area contributed by atoms with Gasteiger partial charge in [0.1, 0.15) is 0 Å². The predicted molar refractivity (Wildman–Crippen MR) is 74.0 cm³/mol. The molecule has 0 aliphatic carbocycles. The molecule has 0 spiro atoms. The lowest BCUT2D eigenvalue weighted by molar-refractivity contribution is 0.0896. The van der Waals surface area contributed by atoms with Crippen LogP contribution in [-0.4, -0.2) is 26.1 Å². The van der Waals surface area contributed by atoms with Gasteiger partial charge in [-0.3, -0.25) is 9.48 Å². The van der Waals surface area contributed by atoms with Crippen LogP contribution in [0.4, 0.5) is 0 Å². The number of thioether (sulfide) groups is 1. The van der Waals surface area contributed by atoms with E-state index in [1.807, 2.05) is 17.8 Å². The minimum atomic E-state index is 0.246. The fraction of sp³-hybridized carbons (Fsp3) is 0.714. The van der Waals surface area contributed by atoms with E-state index in [9.17, 15) is 4.79 Å². The second-order valence-electron chi connectivity index (χ2n) is 5.43. The third-order valence-electron chi connectivity index (χ3n) is 4.14. The Kier molecular flexibility index (Phi) is 3.46. The Bertz CT molecular complexity index is 431. The maximum atomic E-state index is 12.5. The molecule has 2 aliphatic rings. The molecule has 1 aromatic rings. The molecule has 2 atom stereocenters. The Hall–Kier alpha value is -0.770. The average Bonchev–Trinajstić information content (AvgIpc) is 2.86. The van der Waals surface area contributed by atoms with E-state index in [0.29, 0.717) is 5.78 Å². The van der Waals surface area contributed by atoms with Gasteiger partial charge in [0.05, 0.1) is 11.8 Å². The highest BCUT2D eigenvalue weighted by Crippen LogP contribution is 2.44. The number of nitrogens with zero attached hydrogens (tertiary/aromatic N) is 2. The highest BCUT2D eigenvalue weighted by Gasteiger charge is 2.36. The number of carbonyl (C=O) groups excluding carboxylic acids is 1. The minimum Gasteiger partial charge on any atom is -0.294 e. The van der Waals surface area contributed by atoms with E-state index in [1.54, 1.807) is 6.20 Å².